The molecule has 34 heavy (non-hydrogen) atoms. The maximum Gasteiger partial charge on any atom is 0.300 e. The van der Waals surface area contributed by atoms with Gasteiger partial charge in [0.25, 0.3) is 11.6 Å². The Morgan fingerprint density at radius 1 is 0.529 bits per heavy atom. The number of fused-ring (bicyclic) bond motifs is 2. The minimum absolute atomic E-state index is 0.0463. The third kappa shape index (κ3) is 3.30. The minimum atomic E-state index is -0.0463. The van der Waals surface area contributed by atoms with Crippen molar-refractivity contribution in [1.29, 1.82) is 0 Å². The first-order chi connectivity index (χ1) is 16.4. The van der Waals surface area contributed by atoms with Gasteiger partial charge in [-0.05, 0) is 52.0 Å². The van der Waals surface area contributed by atoms with Gasteiger partial charge in [-0.3, -0.25) is 9.80 Å². The van der Waals surface area contributed by atoms with Gasteiger partial charge in [0.15, 0.2) is 11.6 Å². The third-order valence-electron chi connectivity index (χ3n) is 5.74. The summed E-state index contributed by atoms with van der Waals surface area (Å²) in [6, 6.07) is 15.9. The first-order valence-electron chi connectivity index (χ1n) is 10.7. The molecule has 0 N–H and O–H groups in total. The Bertz CT molecular complexity index is 1390. The fourth-order valence-corrected chi connectivity index (χ4v) is 3.81. The van der Waals surface area contributed by atoms with Crippen LogP contribution in [0.3, 0.4) is 0 Å². The van der Waals surface area contributed by atoms with E-state index in [9.17, 15) is 0 Å². The predicted molar refractivity (Wildman–Crippen MR) is 132 cm³/mol. The first-order valence-corrected chi connectivity index (χ1v) is 10.7. The van der Waals surface area contributed by atoms with Crippen molar-refractivity contribution in [2.24, 2.45) is 0 Å². The Hall–Kier alpha value is -4.82. The molecule has 1 aliphatic rings. The van der Waals surface area contributed by atoms with Crippen LogP contribution in [0.2, 0.25) is 0 Å². The van der Waals surface area contributed by atoms with Crippen LogP contribution < -0.4 is 9.80 Å². The van der Waals surface area contributed by atoms with Crippen LogP contribution >= 0.6 is 0 Å². The molecule has 0 saturated heterocycles. The average molecular weight is 445 g/mol. The molecule has 0 spiro atoms. The molecule has 0 fully saturated rings. The molecule has 2 aromatic carbocycles. The molecule has 0 amide bonds. The van der Waals surface area contributed by atoms with Crippen LogP contribution in [0.4, 0.5) is 46.3 Å². The topological polar surface area (TPSA) is 66.8 Å². The van der Waals surface area contributed by atoms with E-state index in [0.717, 1.165) is 33.9 Å². The van der Waals surface area contributed by atoms with Crippen molar-refractivity contribution >= 4 is 46.3 Å². The SMILES string of the molecule is [C-]#[N+]c1nc2c(nc1[N+]#[C-])N(c1ccc(C)cc1)c1nc(C)c(C)nc1N2c1ccc(C)cc1. The van der Waals surface area contributed by atoms with Gasteiger partial charge in [-0.25, -0.2) is 9.97 Å². The number of aromatic nitrogens is 4. The summed E-state index contributed by atoms with van der Waals surface area (Å²) in [6.07, 6.45) is 0. The summed E-state index contributed by atoms with van der Waals surface area (Å²) in [5.74, 6) is 1.92. The third-order valence-corrected chi connectivity index (χ3v) is 5.74. The van der Waals surface area contributed by atoms with Crippen molar-refractivity contribution in [3.05, 3.63) is 93.9 Å². The second-order valence-electron chi connectivity index (χ2n) is 8.13. The Morgan fingerprint density at radius 2 is 0.853 bits per heavy atom. The Balaban J connectivity index is 1.89. The van der Waals surface area contributed by atoms with E-state index in [0.29, 0.717) is 23.3 Å². The van der Waals surface area contributed by atoms with Crippen LogP contribution in [0.25, 0.3) is 9.69 Å². The molecule has 8 heteroatoms. The quantitative estimate of drug-likeness (QED) is 0.277. The molecular formula is C26H20N8. The highest BCUT2D eigenvalue weighted by atomic mass is 15.4. The van der Waals surface area contributed by atoms with Crippen molar-refractivity contribution in [1.82, 2.24) is 19.9 Å². The molecule has 0 saturated carbocycles. The van der Waals surface area contributed by atoms with E-state index in [1.807, 2.05) is 86.0 Å². The van der Waals surface area contributed by atoms with E-state index in [2.05, 4.69) is 19.7 Å². The van der Waals surface area contributed by atoms with Crippen LogP contribution in [0.1, 0.15) is 22.5 Å². The molecule has 2 aromatic heterocycles. The van der Waals surface area contributed by atoms with Gasteiger partial charge in [0, 0.05) is 0 Å². The molecule has 164 valence electrons. The van der Waals surface area contributed by atoms with Crippen LogP contribution in [0.5, 0.6) is 0 Å². The Labute approximate surface area is 197 Å². The van der Waals surface area contributed by atoms with Gasteiger partial charge < -0.3 is 9.69 Å². The Kier molecular flexibility index (Phi) is 4.92. The minimum Gasteiger partial charge on any atom is -0.370 e. The Morgan fingerprint density at radius 3 is 1.18 bits per heavy atom. The summed E-state index contributed by atoms with van der Waals surface area (Å²) in [5, 5.41) is 0. The molecule has 4 aromatic rings. The molecule has 1 aliphatic heterocycles. The van der Waals surface area contributed by atoms with Crippen molar-refractivity contribution in [2.75, 3.05) is 9.80 Å². The fraction of sp³-hybridized carbons (Fsp3) is 0.154. The van der Waals surface area contributed by atoms with Crippen LogP contribution in [-0.2, 0) is 0 Å². The van der Waals surface area contributed by atoms with Gasteiger partial charge >= 0.3 is 11.6 Å². The normalized spacial score (nSPS) is 11.9. The van der Waals surface area contributed by atoms with Gasteiger partial charge in [-0.1, -0.05) is 48.5 Å². The van der Waals surface area contributed by atoms with E-state index in [4.69, 9.17) is 23.1 Å². The van der Waals surface area contributed by atoms with Gasteiger partial charge in [-0.15, -0.1) is 9.97 Å². The molecule has 0 bridgehead atoms. The molecule has 0 atom stereocenters. The second-order valence-corrected chi connectivity index (χ2v) is 8.13. The van der Waals surface area contributed by atoms with E-state index in [1.54, 1.807) is 0 Å². The summed E-state index contributed by atoms with van der Waals surface area (Å²) < 4.78 is 0. The summed E-state index contributed by atoms with van der Waals surface area (Å²) >= 11 is 0. The zero-order valence-electron chi connectivity index (χ0n) is 19.2. The van der Waals surface area contributed by atoms with Crippen molar-refractivity contribution in [3.8, 4) is 0 Å². The maximum atomic E-state index is 7.57. The summed E-state index contributed by atoms with van der Waals surface area (Å²) in [5.41, 5.74) is 5.44. The zero-order chi connectivity index (χ0) is 24.0. The summed E-state index contributed by atoms with van der Waals surface area (Å²) in [6.45, 7) is 23.0. The molecule has 5 rings (SSSR count). The lowest BCUT2D eigenvalue weighted by Gasteiger charge is -2.33. The van der Waals surface area contributed by atoms with Gasteiger partial charge in [0.05, 0.1) is 22.8 Å². The standard InChI is InChI=1S/C26H20N8/c1-15-7-11-19(12-8-15)33-23-24(30-18(4)17(3)29-23)34(20-13-9-16(2)10-14-20)26-25(33)31-21(27-5)22(28-6)32-26/h7-14H,1-4H3. The number of aryl methyl sites for hydroxylation is 4. The van der Waals surface area contributed by atoms with Gasteiger partial charge in [-0.2, -0.15) is 0 Å². The number of rotatable bonds is 2. The number of hydrogen-bond acceptors (Lipinski definition) is 6. The smallest absolute Gasteiger partial charge is 0.300 e. The van der Waals surface area contributed by atoms with Crippen LogP contribution in [0.15, 0.2) is 48.5 Å². The van der Waals surface area contributed by atoms with Gasteiger partial charge in [0.2, 0.25) is 0 Å². The highest BCUT2D eigenvalue weighted by Crippen LogP contribution is 2.52. The van der Waals surface area contributed by atoms with E-state index in [1.165, 1.54) is 0 Å². The van der Waals surface area contributed by atoms with Crippen LogP contribution in [0, 0.1) is 40.8 Å². The summed E-state index contributed by atoms with van der Waals surface area (Å²) in [7, 11) is 0. The molecule has 3 heterocycles. The summed E-state index contributed by atoms with van der Waals surface area (Å²) in [4.78, 5) is 29.7. The highest BCUT2D eigenvalue weighted by molar-refractivity contribution is 5.97. The van der Waals surface area contributed by atoms with Crippen molar-refractivity contribution in [2.45, 2.75) is 27.7 Å². The number of hydrogen-bond donors (Lipinski definition) is 0. The first kappa shape index (κ1) is 21.0. The van der Waals surface area contributed by atoms with E-state index < -0.39 is 0 Å². The lowest BCUT2D eigenvalue weighted by molar-refractivity contribution is 0.955. The largest absolute Gasteiger partial charge is 0.370 e. The number of nitrogens with zero attached hydrogens (tertiary/aromatic N) is 8. The molecule has 8 nitrogen and oxygen atoms in total. The molecule has 0 unspecified atom stereocenters. The highest BCUT2D eigenvalue weighted by Gasteiger charge is 2.41. The van der Waals surface area contributed by atoms with Gasteiger partial charge in [0.1, 0.15) is 0 Å². The van der Waals surface area contributed by atoms with Crippen molar-refractivity contribution < 1.29 is 0 Å². The lowest BCUT2D eigenvalue weighted by Crippen LogP contribution is -2.28. The van der Waals surface area contributed by atoms with Crippen LogP contribution in [-0.4, -0.2) is 19.9 Å². The predicted octanol–water partition coefficient (Wildman–Crippen LogP) is 6.85. The second kappa shape index (κ2) is 7.95. The van der Waals surface area contributed by atoms with Crippen molar-refractivity contribution in [3.63, 3.8) is 0 Å². The lowest BCUT2D eigenvalue weighted by atomic mass is 10.1. The monoisotopic (exact) mass is 444 g/mol. The van der Waals surface area contributed by atoms with E-state index >= 15 is 0 Å². The maximum absolute atomic E-state index is 7.57. The molecule has 0 radical (unpaired) electrons. The van der Waals surface area contributed by atoms with E-state index in [-0.39, 0.29) is 11.6 Å². The average Bonchev–Trinajstić information content (AvgIpc) is 2.84. The number of anilines is 6. The number of benzene rings is 2. The zero-order valence-corrected chi connectivity index (χ0v) is 19.2. The fourth-order valence-electron chi connectivity index (χ4n) is 3.81. The molecular weight excluding hydrogens is 424 g/mol. The molecule has 0 aliphatic carbocycles.